The van der Waals surface area contributed by atoms with Crippen LogP contribution in [-0.4, -0.2) is 55.8 Å². The Morgan fingerprint density at radius 1 is 1.52 bits per heavy atom. The number of aliphatic hydroxyl groups excluding tert-OH is 1. The second kappa shape index (κ2) is 6.03. The summed E-state index contributed by atoms with van der Waals surface area (Å²) in [4.78, 5) is 25.8. The number of nitrogens with one attached hydrogen (secondary N) is 1. The van der Waals surface area contributed by atoms with E-state index in [2.05, 4.69) is 19.5 Å². The lowest BCUT2D eigenvalue weighted by Gasteiger charge is -2.33. The summed E-state index contributed by atoms with van der Waals surface area (Å²) < 4.78 is 6.95. The van der Waals surface area contributed by atoms with Gasteiger partial charge in [-0.05, 0) is 25.8 Å². The summed E-state index contributed by atoms with van der Waals surface area (Å²) >= 11 is 0. The fourth-order valence-electron chi connectivity index (χ4n) is 3.73. The number of piperidine rings is 1. The first kappa shape index (κ1) is 15.9. The summed E-state index contributed by atoms with van der Waals surface area (Å²) in [6, 6.07) is 2.00. The molecule has 8 nitrogen and oxygen atoms in total. The molecule has 1 saturated heterocycles. The highest BCUT2D eigenvalue weighted by Gasteiger charge is 2.30. The number of hydrogen-bond acceptors (Lipinski definition) is 5. The molecule has 2 N–H and O–H groups in total. The topological polar surface area (TPSA) is 96.3 Å². The Hall–Kier alpha value is -2.61. The van der Waals surface area contributed by atoms with E-state index in [1.165, 1.54) is 7.11 Å². The van der Waals surface area contributed by atoms with Gasteiger partial charge < -0.3 is 24.3 Å². The number of carbonyl (C=O) groups excluding carboxylic acids is 1. The molecule has 0 aliphatic carbocycles. The number of methoxy groups -OCH3 is 1. The molecule has 0 radical (unpaired) electrons. The summed E-state index contributed by atoms with van der Waals surface area (Å²) in [6.45, 7) is 2.92. The van der Waals surface area contributed by atoms with Crippen LogP contribution >= 0.6 is 0 Å². The lowest BCUT2D eigenvalue weighted by Crippen LogP contribution is -2.41. The molecule has 2 atom stereocenters. The highest BCUT2D eigenvalue weighted by Crippen LogP contribution is 2.33. The van der Waals surface area contributed by atoms with Crippen molar-refractivity contribution in [2.45, 2.75) is 31.9 Å². The SMILES string of the molecule is COC(=O)N1CCCC(n2c([C@@H](C)O)nc3cnc4[nH]ccc4c32)C1. The summed E-state index contributed by atoms with van der Waals surface area (Å²) in [5, 5.41) is 11.2. The van der Waals surface area contributed by atoms with Crippen LogP contribution in [0.3, 0.4) is 0 Å². The maximum Gasteiger partial charge on any atom is 0.409 e. The van der Waals surface area contributed by atoms with Crippen LogP contribution in [0.2, 0.25) is 0 Å². The molecular weight excluding hydrogens is 322 g/mol. The van der Waals surface area contributed by atoms with Gasteiger partial charge in [0.2, 0.25) is 0 Å². The largest absolute Gasteiger partial charge is 0.453 e. The molecular formula is C17H21N5O3. The molecule has 1 unspecified atom stereocenters. The Morgan fingerprint density at radius 2 is 2.36 bits per heavy atom. The van der Waals surface area contributed by atoms with Crippen molar-refractivity contribution >= 4 is 28.2 Å². The van der Waals surface area contributed by atoms with Crippen molar-refractivity contribution in [3.05, 3.63) is 24.3 Å². The zero-order valence-electron chi connectivity index (χ0n) is 14.3. The number of carbonyl (C=O) groups is 1. The Labute approximate surface area is 144 Å². The second-order valence-corrected chi connectivity index (χ2v) is 6.46. The number of imidazole rings is 1. The van der Waals surface area contributed by atoms with E-state index in [-0.39, 0.29) is 12.1 Å². The number of likely N-dealkylation sites (tertiary alicyclic amines) is 1. The van der Waals surface area contributed by atoms with E-state index >= 15 is 0 Å². The number of pyridine rings is 1. The highest BCUT2D eigenvalue weighted by molar-refractivity contribution is 6.01. The van der Waals surface area contributed by atoms with Gasteiger partial charge in [-0.3, -0.25) is 0 Å². The quantitative estimate of drug-likeness (QED) is 0.745. The molecule has 3 aromatic heterocycles. The molecule has 132 valence electrons. The molecule has 1 aliphatic rings. The third kappa shape index (κ3) is 2.53. The Balaban J connectivity index is 1.88. The van der Waals surface area contributed by atoms with Gasteiger partial charge in [0.1, 0.15) is 23.1 Å². The molecule has 0 aromatic carbocycles. The molecule has 4 heterocycles. The normalized spacial score (nSPS) is 19.5. The van der Waals surface area contributed by atoms with Gasteiger partial charge in [-0.15, -0.1) is 0 Å². The van der Waals surface area contributed by atoms with Gasteiger partial charge in [0.05, 0.1) is 24.9 Å². The summed E-state index contributed by atoms with van der Waals surface area (Å²) in [6.07, 6.45) is 4.32. The van der Waals surface area contributed by atoms with Crippen molar-refractivity contribution < 1.29 is 14.6 Å². The Morgan fingerprint density at radius 3 is 3.12 bits per heavy atom. The monoisotopic (exact) mass is 343 g/mol. The first-order valence-corrected chi connectivity index (χ1v) is 8.45. The molecule has 25 heavy (non-hydrogen) atoms. The number of ether oxygens (including phenoxy) is 1. The molecule has 1 amide bonds. The van der Waals surface area contributed by atoms with E-state index in [4.69, 9.17) is 4.74 Å². The molecule has 0 bridgehead atoms. The number of aromatic nitrogens is 4. The van der Waals surface area contributed by atoms with Crippen LogP contribution in [0.15, 0.2) is 18.5 Å². The van der Waals surface area contributed by atoms with Crippen molar-refractivity contribution in [2.75, 3.05) is 20.2 Å². The summed E-state index contributed by atoms with van der Waals surface area (Å²) in [7, 11) is 1.40. The number of nitrogens with zero attached hydrogens (tertiary/aromatic N) is 4. The predicted molar refractivity (Wildman–Crippen MR) is 92.3 cm³/mol. The van der Waals surface area contributed by atoms with E-state index in [0.29, 0.717) is 18.9 Å². The second-order valence-electron chi connectivity index (χ2n) is 6.46. The van der Waals surface area contributed by atoms with Crippen LogP contribution < -0.4 is 0 Å². The van der Waals surface area contributed by atoms with Crippen LogP contribution in [-0.2, 0) is 4.74 Å². The zero-order chi connectivity index (χ0) is 17.6. The van der Waals surface area contributed by atoms with Gasteiger partial charge >= 0.3 is 6.09 Å². The molecule has 1 fully saturated rings. The third-order valence-corrected chi connectivity index (χ3v) is 4.83. The van der Waals surface area contributed by atoms with Gasteiger partial charge in [-0.25, -0.2) is 14.8 Å². The van der Waals surface area contributed by atoms with E-state index in [1.54, 1.807) is 18.0 Å². The zero-order valence-corrected chi connectivity index (χ0v) is 14.3. The molecule has 3 aromatic rings. The van der Waals surface area contributed by atoms with Crippen LogP contribution in [0, 0.1) is 0 Å². The van der Waals surface area contributed by atoms with Gasteiger partial charge in [0.15, 0.2) is 0 Å². The lowest BCUT2D eigenvalue weighted by molar-refractivity contribution is 0.101. The van der Waals surface area contributed by atoms with Crippen LogP contribution in [0.5, 0.6) is 0 Å². The number of hydrogen-bond donors (Lipinski definition) is 2. The smallest absolute Gasteiger partial charge is 0.409 e. The summed E-state index contributed by atoms with van der Waals surface area (Å²) in [5.41, 5.74) is 2.48. The first-order chi connectivity index (χ1) is 12.1. The number of rotatable bonds is 2. The van der Waals surface area contributed by atoms with Crippen molar-refractivity contribution in [2.24, 2.45) is 0 Å². The standard InChI is InChI=1S/C17H21N5O3/c1-10(23)16-20-13-8-19-15-12(5-6-18-15)14(13)22(16)11-4-3-7-21(9-11)17(24)25-2/h5-6,8,10-11,23H,3-4,7,9H2,1-2H3,(H,18,19)/t10-,11?/m1/s1. The number of H-pyrrole nitrogens is 1. The first-order valence-electron chi connectivity index (χ1n) is 8.45. The summed E-state index contributed by atoms with van der Waals surface area (Å²) in [5.74, 6) is 0.599. The fourth-order valence-corrected chi connectivity index (χ4v) is 3.73. The lowest BCUT2D eigenvalue weighted by atomic mass is 10.0. The molecule has 0 saturated carbocycles. The highest BCUT2D eigenvalue weighted by atomic mass is 16.5. The predicted octanol–water partition coefficient (Wildman–Crippen LogP) is 2.37. The maximum absolute atomic E-state index is 11.9. The Bertz CT molecular complexity index is 929. The van der Waals surface area contributed by atoms with Crippen LogP contribution in [0.4, 0.5) is 4.79 Å². The van der Waals surface area contributed by atoms with E-state index in [1.807, 2.05) is 12.3 Å². The fraction of sp³-hybridized carbons (Fsp3) is 0.471. The van der Waals surface area contributed by atoms with Crippen molar-refractivity contribution in [3.8, 4) is 0 Å². The molecule has 0 spiro atoms. The van der Waals surface area contributed by atoms with Crippen LogP contribution in [0.1, 0.15) is 37.7 Å². The minimum atomic E-state index is -0.713. The van der Waals surface area contributed by atoms with Gasteiger partial charge in [0, 0.05) is 24.7 Å². The number of amides is 1. The Kier molecular flexibility index (Phi) is 3.84. The van der Waals surface area contributed by atoms with Gasteiger partial charge in [0.25, 0.3) is 0 Å². The molecule has 8 heteroatoms. The van der Waals surface area contributed by atoms with Crippen molar-refractivity contribution in [3.63, 3.8) is 0 Å². The minimum Gasteiger partial charge on any atom is -0.453 e. The third-order valence-electron chi connectivity index (χ3n) is 4.83. The number of fused-ring (bicyclic) bond motifs is 3. The van der Waals surface area contributed by atoms with E-state index in [9.17, 15) is 9.90 Å². The van der Waals surface area contributed by atoms with Gasteiger partial charge in [-0.1, -0.05) is 0 Å². The maximum atomic E-state index is 11.9. The van der Waals surface area contributed by atoms with E-state index in [0.717, 1.165) is 34.9 Å². The van der Waals surface area contributed by atoms with Crippen molar-refractivity contribution in [1.29, 1.82) is 0 Å². The van der Waals surface area contributed by atoms with Crippen molar-refractivity contribution in [1.82, 2.24) is 24.4 Å². The van der Waals surface area contributed by atoms with Crippen LogP contribution in [0.25, 0.3) is 22.1 Å². The molecule has 4 rings (SSSR count). The number of aliphatic hydroxyl groups is 1. The minimum absolute atomic E-state index is 0.0305. The van der Waals surface area contributed by atoms with Gasteiger partial charge in [-0.2, -0.15) is 0 Å². The van der Waals surface area contributed by atoms with E-state index < -0.39 is 6.10 Å². The molecule has 1 aliphatic heterocycles. The average molecular weight is 343 g/mol. The average Bonchev–Trinajstić information content (AvgIpc) is 3.24. The number of aromatic amines is 1.